The third kappa shape index (κ3) is 3.77. The summed E-state index contributed by atoms with van der Waals surface area (Å²) < 4.78 is 16.7. The Balaban J connectivity index is 1.61. The molecule has 0 saturated heterocycles. The molecule has 0 saturated carbocycles. The molecular weight excluding hydrogens is 467 g/mol. The van der Waals surface area contributed by atoms with Crippen LogP contribution in [0.15, 0.2) is 140 Å². The Hall–Kier alpha value is -5.02. The molecule has 180 valence electrons. The van der Waals surface area contributed by atoms with Gasteiger partial charge in [0.1, 0.15) is 11.5 Å². The third-order valence-corrected chi connectivity index (χ3v) is 7.05. The molecule has 0 atom stereocenters. The Kier molecular flexibility index (Phi) is 5.33. The Labute approximate surface area is 220 Å². The molecule has 2 heterocycles. The van der Waals surface area contributed by atoms with Crippen molar-refractivity contribution in [2.75, 3.05) is 0 Å². The highest BCUT2D eigenvalue weighted by Crippen LogP contribution is 2.41. The first-order valence-electron chi connectivity index (χ1n) is 12.7. The Morgan fingerprint density at radius 3 is 1.82 bits per heavy atom. The van der Waals surface area contributed by atoms with Crippen molar-refractivity contribution in [3.05, 3.63) is 145 Å². The van der Waals surface area contributed by atoms with E-state index in [-0.39, 0.29) is 5.82 Å². The molecule has 0 aliphatic heterocycles. The predicted octanol–water partition coefficient (Wildman–Crippen LogP) is 9.29. The lowest BCUT2D eigenvalue weighted by Gasteiger charge is -2.11. The van der Waals surface area contributed by atoms with Crippen LogP contribution in [0.1, 0.15) is 0 Å². The van der Waals surface area contributed by atoms with Gasteiger partial charge in [0.2, 0.25) is 0 Å². The molecule has 0 amide bonds. The van der Waals surface area contributed by atoms with E-state index in [1.54, 1.807) is 6.07 Å². The summed E-state index contributed by atoms with van der Waals surface area (Å²) in [4.78, 5) is 0. The Morgan fingerprint density at radius 2 is 1.11 bits per heavy atom. The highest BCUT2D eigenvalue weighted by Gasteiger charge is 2.22. The van der Waals surface area contributed by atoms with Crippen LogP contribution in [-0.4, -0.2) is 9.61 Å². The topological polar surface area (TPSA) is 17.3 Å². The van der Waals surface area contributed by atoms with Crippen LogP contribution in [0.3, 0.4) is 0 Å². The van der Waals surface area contributed by atoms with Gasteiger partial charge in [0.25, 0.3) is 0 Å². The molecule has 5 aromatic carbocycles. The second-order valence-corrected chi connectivity index (χ2v) is 9.42. The second-order valence-electron chi connectivity index (χ2n) is 9.42. The van der Waals surface area contributed by atoms with Gasteiger partial charge in [-0.1, -0.05) is 115 Å². The summed E-state index contributed by atoms with van der Waals surface area (Å²) in [5, 5.41) is 7.05. The quantitative estimate of drug-likeness (QED) is 0.240. The maximum atomic E-state index is 14.7. The van der Waals surface area contributed by atoms with Gasteiger partial charge in [-0.2, -0.15) is 5.10 Å². The van der Waals surface area contributed by atoms with Crippen LogP contribution < -0.4 is 0 Å². The van der Waals surface area contributed by atoms with Crippen molar-refractivity contribution < 1.29 is 4.39 Å². The van der Waals surface area contributed by atoms with Gasteiger partial charge in [-0.15, -0.1) is 0 Å². The van der Waals surface area contributed by atoms with E-state index in [0.717, 1.165) is 61.1 Å². The molecular formula is C35H23FN2. The first kappa shape index (κ1) is 22.2. The summed E-state index contributed by atoms with van der Waals surface area (Å²) in [6, 6.07) is 46.5. The van der Waals surface area contributed by atoms with Gasteiger partial charge in [-0.3, -0.25) is 0 Å². The van der Waals surface area contributed by atoms with Crippen molar-refractivity contribution >= 4 is 16.3 Å². The zero-order chi connectivity index (χ0) is 25.5. The molecule has 38 heavy (non-hydrogen) atoms. The third-order valence-electron chi connectivity index (χ3n) is 7.05. The molecule has 2 aromatic heterocycles. The van der Waals surface area contributed by atoms with Crippen molar-refractivity contribution in [3.8, 4) is 44.8 Å². The highest BCUT2D eigenvalue weighted by molar-refractivity contribution is 6.08. The number of benzene rings is 5. The number of hydrogen-bond acceptors (Lipinski definition) is 1. The highest BCUT2D eigenvalue weighted by atomic mass is 19.1. The lowest BCUT2D eigenvalue weighted by atomic mass is 9.95. The standard InChI is InChI=1S/C35H23FN2/c36-30-20-19-28-22-32(25-13-6-2-7-14-25)38-35(31(28)23-30)33(26-15-8-3-9-16-26)34(37-38)29-18-10-17-27(21-29)24-11-4-1-5-12-24/h1-23H. The number of pyridine rings is 1. The molecule has 0 spiro atoms. The maximum absolute atomic E-state index is 14.7. The van der Waals surface area contributed by atoms with Crippen molar-refractivity contribution in [3.63, 3.8) is 0 Å². The lowest BCUT2D eigenvalue weighted by molar-refractivity contribution is 0.630. The number of rotatable bonds is 4. The van der Waals surface area contributed by atoms with Crippen LogP contribution in [0.25, 0.3) is 61.1 Å². The summed E-state index contributed by atoms with van der Waals surface area (Å²) in [6.45, 7) is 0. The van der Waals surface area contributed by atoms with E-state index in [2.05, 4.69) is 78.9 Å². The molecule has 0 unspecified atom stereocenters. The molecule has 2 nitrogen and oxygen atoms in total. The zero-order valence-corrected chi connectivity index (χ0v) is 20.6. The fraction of sp³-hybridized carbons (Fsp3) is 0. The molecule has 7 aromatic rings. The molecule has 0 aliphatic rings. The molecule has 7 rings (SSSR count). The van der Waals surface area contributed by atoms with E-state index in [9.17, 15) is 4.39 Å². The number of halogens is 1. The van der Waals surface area contributed by atoms with Gasteiger partial charge in [-0.05, 0) is 46.3 Å². The van der Waals surface area contributed by atoms with Gasteiger partial charge in [0.05, 0.1) is 11.2 Å². The number of nitrogens with zero attached hydrogens (tertiary/aromatic N) is 2. The maximum Gasteiger partial charge on any atom is 0.123 e. The second kappa shape index (κ2) is 9.13. The van der Waals surface area contributed by atoms with Crippen LogP contribution in [-0.2, 0) is 0 Å². The van der Waals surface area contributed by atoms with E-state index in [0.29, 0.717) is 0 Å². The summed E-state index contributed by atoms with van der Waals surface area (Å²) in [5.41, 5.74) is 9.09. The molecule has 0 aliphatic carbocycles. The van der Waals surface area contributed by atoms with Crippen LogP contribution in [0, 0.1) is 5.82 Å². The van der Waals surface area contributed by atoms with Crippen LogP contribution >= 0.6 is 0 Å². The summed E-state index contributed by atoms with van der Waals surface area (Å²) in [7, 11) is 0. The average Bonchev–Trinajstić information content (AvgIpc) is 3.39. The van der Waals surface area contributed by atoms with E-state index in [1.165, 1.54) is 6.07 Å². The molecule has 0 fully saturated rings. The van der Waals surface area contributed by atoms with Gasteiger partial charge in [-0.25, -0.2) is 8.91 Å². The van der Waals surface area contributed by atoms with Gasteiger partial charge < -0.3 is 0 Å². The first-order chi connectivity index (χ1) is 18.8. The monoisotopic (exact) mass is 490 g/mol. The van der Waals surface area contributed by atoms with Crippen molar-refractivity contribution in [2.24, 2.45) is 0 Å². The Morgan fingerprint density at radius 1 is 0.500 bits per heavy atom. The SMILES string of the molecule is Fc1ccc2cc(-c3ccccc3)n3nc(-c4cccc(-c5ccccc5)c4)c(-c4ccccc4)c3c2c1. The van der Waals surface area contributed by atoms with Crippen molar-refractivity contribution in [2.45, 2.75) is 0 Å². The molecule has 3 heteroatoms. The summed E-state index contributed by atoms with van der Waals surface area (Å²) in [5.74, 6) is -0.264. The fourth-order valence-corrected chi connectivity index (χ4v) is 5.28. The van der Waals surface area contributed by atoms with E-state index >= 15 is 0 Å². The van der Waals surface area contributed by atoms with Gasteiger partial charge in [0, 0.05) is 22.1 Å². The van der Waals surface area contributed by atoms with Crippen molar-refractivity contribution in [1.29, 1.82) is 0 Å². The van der Waals surface area contributed by atoms with E-state index in [4.69, 9.17) is 5.10 Å². The normalized spacial score (nSPS) is 11.3. The van der Waals surface area contributed by atoms with Crippen LogP contribution in [0.2, 0.25) is 0 Å². The molecule has 0 N–H and O–H groups in total. The minimum absolute atomic E-state index is 0.264. The first-order valence-corrected chi connectivity index (χ1v) is 12.7. The number of fused-ring (bicyclic) bond motifs is 3. The summed E-state index contributed by atoms with van der Waals surface area (Å²) in [6.07, 6.45) is 0. The average molecular weight is 491 g/mol. The Bertz CT molecular complexity index is 1910. The van der Waals surface area contributed by atoms with Gasteiger partial charge in [0.15, 0.2) is 0 Å². The lowest BCUT2D eigenvalue weighted by Crippen LogP contribution is -1.96. The zero-order valence-electron chi connectivity index (χ0n) is 20.6. The predicted molar refractivity (Wildman–Crippen MR) is 154 cm³/mol. The van der Waals surface area contributed by atoms with Crippen LogP contribution in [0.5, 0.6) is 0 Å². The largest absolute Gasteiger partial charge is 0.231 e. The van der Waals surface area contributed by atoms with E-state index in [1.807, 2.05) is 53.0 Å². The molecule has 0 radical (unpaired) electrons. The van der Waals surface area contributed by atoms with Gasteiger partial charge >= 0.3 is 0 Å². The number of hydrogen-bond donors (Lipinski definition) is 0. The smallest absolute Gasteiger partial charge is 0.123 e. The minimum atomic E-state index is -0.264. The van der Waals surface area contributed by atoms with Crippen LogP contribution in [0.4, 0.5) is 4.39 Å². The van der Waals surface area contributed by atoms with E-state index < -0.39 is 0 Å². The summed E-state index contributed by atoms with van der Waals surface area (Å²) >= 11 is 0. The fourth-order valence-electron chi connectivity index (χ4n) is 5.28. The minimum Gasteiger partial charge on any atom is -0.231 e. The molecule has 0 bridgehead atoms. The number of aromatic nitrogens is 2. The van der Waals surface area contributed by atoms with Crippen molar-refractivity contribution in [1.82, 2.24) is 9.61 Å².